The average molecular weight is 296 g/mol. The van der Waals surface area contributed by atoms with Crippen molar-refractivity contribution in [1.82, 2.24) is 10.1 Å². The Morgan fingerprint density at radius 1 is 1.52 bits per heavy atom. The number of nitrogens with zero attached hydrogens (tertiary/aromatic N) is 2. The van der Waals surface area contributed by atoms with Crippen LogP contribution in [0.1, 0.15) is 30.7 Å². The summed E-state index contributed by atoms with van der Waals surface area (Å²) in [5.41, 5.74) is 0.560. The first-order chi connectivity index (χ1) is 10.0. The topological polar surface area (TPSA) is 92.9 Å². The van der Waals surface area contributed by atoms with Crippen LogP contribution in [0.15, 0.2) is 10.6 Å². The van der Waals surface area contributed by atoms with Crippen LogP contribution in [0.4, 0.5) is 0 Å². The molecule has 0 spiro atoms. The third-order valence-corrected chi connectivity index (χ3v) is 3.41. The van der Waals surface area contributed by atoms with Crippen LogP contribution in [0, 0.1) is 6.92 Å². The van der Waals surface area contributed by atoms with Gasteiger partial charge in [0.05, 0.1) is 24.6 Å². The standard InChI is InChI=1S/C14H20N2O5/c1-10-7-11(15-21-10)8-13(17)16(5-4-14(18)19)9-12-3-2-6-20-12/h7,12H,2-6,8-9H2,1H3,(H,18,19)/t12-/m1/s1. The van der Waals surface area contributed by atoms with Gasteiger partial charge in [-0.3, -0.25) is 9.59 Å². The summed E-state index contributed by atoms with van der Waals surface area (Å²) in [5.74, 6) is -0.425. The quantitative estimate of drug-likeness (QED) is 0.807. The van der Waals surface area contributed by atoms with Crippen LogP contribution in [0.3, 0.4) is 0 Å². The maximum absolute atomic E-state index is 12.3. The zero-order valence-electron chi connectivity index (χ0n) is 12.1. The van der Waals surface area contributed by atoms with E-state index >= 15 is 0 Å². The van der Waals surface area contributed by atoms with Crippen molar-refractivity contribution in [3.63, 3.8) is 0 Å². The van der Waals surface area contributed by atoms with Crippen LogP contribution in [0.5, 0.6) is 0 Å². The number of carbonyl (C=O) groups excluding carboxylic acids is 1. The van der Waals surface area contributed by atoms with Crippen molar-refractivity contribution in [3.8, 4) is 0 Å². The van der Waals surface area contributed by atoms with Crippen molar-refractivity contribution in [1.29, 1.82) is 0 Å². The van der Waals surface area contributed by atoms with Gasteiger partial charge in [-0.05, 0) is 19.8 Å². The fourth-order valence-electron chi connectivity index (χ4n) is 2.35. The second kappa shape index (κ2) is 7.21. The number of aryl methyl sites for hydroxylation is 1. The van der Waals surface area contributed by atoms with Gasteiger partial charge in [0.2, 0.25) is 5.91 Å². The fraction of sp³-hybridized carbons (Fsp3) is 0.643. The van der Waals surface area contributed by atoms with Gasteiger partial charge in [0.25, 0.3) is 0 Å². The van der Waals surface area contributed by atoms with Crippen molar-refractivity contribution < 1.29 is 24.0 Å². The van der Waals surface area contributed by atoms with Gasteiger partial charge in [0.1, 0.15) is 5.76 Å². The van der Waals surface area contributed by atoms with E-state index in [1.807, 2.05) is 0 Å². The number of aromatic nitrogens is 1. The highest BCUT2D eigenvalue weighted by Crippen LogP contribution is 2.14. The lowest BCUT2D eigenvalue weighted by molar-refractivity contribution is -0.139. The molecule has 1 aromatic rings. The molecular weight excluding hydrogens is 276 g/mol. The van der Waals surface area contributed by atoms with E-state index in [4.69, 9.17) is 14.4 Å². The largest absolute Gasteiger partial charge is 0.481 e. The molecule has 1 atom stereocenters. The molecule has 0 aliphatic carbocycles. The Morgan fingerprint density at radius 2 is 2.33 bits per heavy atom. The predicted octanol–water partition coefficient (Wildman–Crippen LogP) is 1.01. The summed E-state index contributed by atoms with van der Waals surface area (Å²) in [5, 5.41) is 12.6. The van der Waals surface area contributed by atoms with Crippen molar-refractivity contribution in [2.24, 2.45) is 0 Å². The zero-order chi connectivity index (χ0) is 15.2. The van der Waals surface area contributed by atoms with Gasteiger partial charge in [-0.2, -0.15) is 0 Å². The van der Waals surface area contributed by atoms with E-state index in [1.54, 1.807) is 17.9 Å². The smallest absolute Gasteiger partial charge is 0.305 e. The number of rotatable bonds is 7. The number of aliphatic carboxylic acids is 1. The molecule has 21 heavy (non-hydrogen) atoms. The Kier molecular flexibility index (Phi) is 5.32. The number of carboxylic acid groups (broad SMARTS) is 1. The van der Waals surface area contributed by atoms with Gasteiger partial charge in [0, 0.05) is 25.8 Å². The summed E-state index contributed by atoms with van der Waals surface area (Å²) in [4.78, 5) is 24.6. The van der Waals surface area contributed by atoms with Crippen LogP contribution in [-0.4, -0.2) is 52.8 Å². The van der Waals surface area contributed by atoms with Crippen molar-refractivity contribution >= 4 is 11.9 Å². The summed E-state index contributed by atoms with van der Waals surface area (Å²) in [6.07, 6.45) is 1.93. The number of hydrogen-bond donors (Lipinski definition) is 1. The van der Waals surface area contributed by atoms with Crippen LogP contribution in [-0.2, 0) is 20.7 Å². The van der Waals surface area contributed by atoms with Crippen LogP contribution >= 0.6 is 0 Å². The second-order valence-electron chi connectivity index (χ2n) is 5.22. The summed E-state index contributed by atoms with van der Waals surface area (Å²) in [7, 11) is 0. The highest BCUT2D eigenvalue weighted by Gasteiger charge is 2.23. The minimum Gasteiger partial charge on any atom is -0.481 e. The van der Waals surface area contributed by atoms with E-state index < -0.39 is 5.97 Å². The number of hydrogen-bond acceptors (Lipinski definition) is 5. The van der Waals surface area contributed by atoms with Crippen molar-refractivity contribution in [3.05, 3.63) is 17.5 Å². The second-order valence-corrected chi connectivity index (χ2v) is 5.22. The highest BCUT2D eigenvalue weighted by molar-refractivity contribution is 5.79. The SMILES string of the molecule is Cc1cc(CC(=O)N(CCC(=O)O)C[C@H]2CCCO2)no1. The molecule has 1 aromatic heterocycles. The van der Waals surface area contributed by atoms with Crippen LogP contribution in [0.2, 0.25) is 0 Å². The Hall–Kier alpha value is -1.89. The molecule has 0 bridgehead atoms. The van der Waals surface area contributed by atoms with E-state index in [9.17, 15) is 9.59 Å². The van der Waals surface area contributed by atoms with Gasteiger partial charge in [-0.1, -0.05) is 5.16 Å². The van der Waals surface area contributed by atoms with Crippen LogP contribution < -0.4 is 0 Å². The molecule has 116 valence electrons. The third-order valence-electron chi connectivity index (χ3n) is 3.41. The predicted molar refractivity (Wildman–Crippen MR) is 72.8 cm³/mol. The third kappa shape index (κ3) is 4.86. The first-order valence-electron chi connectivity index (χ1n) is 7.08. The van der Waals surface area contributed by atoms with E-state index in [0.29, 0.717) is 24.6 Å². The summed E-state index contributed by atoms with van der Waals surface area (Å²) >= 11 is 0. The van der Waals surface area contributed by atoms with E-state index in [1.165, 1.54) is 0 Å². The van der Waals surface area contributed by atoms with Crippen LogP contribution in [0.25, 0.3) is 0 Å². The maximum Gasteiger partial charge on any atom is 0.305 e. The normalized spacial score (nSPS) is 17.9. The molecule has 0 radical (unpaired) electrons. The fourth-order valence-corrected chi connectivity index (χ4v) is 2.35. The molecule has 7 nitrogen and oxygen atoms in total. The summed E-state index contributed by atoms with van der Waals surface area (Å²) < 4.78 is 10.5. The molecule has 1 amide bonds. The molecule has 2 heterocycles. The van der Waals surface area contributed by atoms with E-state index in [-0.39, 0.29) is 31.4 Å². The monoisotopic (exact) mass is 296 g/mol. The lowest BCUT2D eigenvalue weighted by atomic mass is 10.2. The summed E-state index contributed by atoms with van der Waals surface area (Å²) in [6, 6.07) is 1.71. The Bertz CT molecular complexity index is 493. The lowest BCUT2D eigenvalue weighted by Crippen LogP contribution is -2.39. The lowest BCUT2D eigenvalue weighted by Gasteiger charge is -2.24. The van der Waals surface area contributed by atoms with Gasteiger partial charge in [0.15, 0.2) is 0 Å². The highest BCUT2D eigenvalue weighted by atomic mass is 16.5. The van der Waals surface area contributed by atoms with Gasteiger partial charge in [-0.15, -0.1) is 0 Å². The van der Waals surface area contributed by atoms with Gasteiger partial charge < -0.3 is 19.3 Å². The number of amides is 1. The Balaban J connectivity index is 1.94. The molecule has 1 N–H and O–H groups in total. The summed E-state index contributed by atoms with van der Waals surface area (Å²) in [6.45, 7) is 3.08. The Labute approximate surface area is 122 Å². The zero-order valence-corrected chi connectivity index (χ0v) is 12.1. The molecular formula is C14H20N2O5. The molecule has 0 aromatic carbocycles. The number of carbonyl (C=O) groups is 2. The van der Waals surface area contributed by atoms with E-state index in [0.717, 1.165) is 12.8 Å². The molecule has 1 aliphatic rings. The molecule has 1 aliphatic heterocycles. The average Bonchev–Trinajstić information content (AvgIpc) is 3.06. The van der Waals surface area contributed by atoms with Crippen molar-refractivity contribution in [2.75, 3.05) is 19.7 Å². The van der Waals surface area contributed by atoms with E-state index in [2.05, 4.69) is 5.16 Å². The van der Waals surface area contributed by atoms with Gasteiger partial charge in [-0.25, -0.2) is 0 Å². The van der Waals surface area contributed by atoms with Gasteiger partial charge >= 0.3 is 5.97 Å². The van der Waals surface area contributed by atoms with Crippen molar-refractivity contribution in [2.45, 2.75) is 38.7 Å². The number of carboxylic acids is 1. The first-order valence-corrected chi connectivity index (χ1v) is 7.08. The maximum atomic E-state index is 12.3. The molecule has 2 rings (SSSR count). The number of ether oxygens (including phenoxy) is 1. The Morgan fingerprint density at radius 3 is 2.90 bits per heavy atom. The minimum atomic E-state index is -0.919. The first kappa shape index (κ1) is 15.5. The molecule has 0 saturated carbocycles. The molecule has 7 heteroatoms. The molecule has 0 unspecified atom stereocenters. The molecule has 1 fully saturated rings. The molecule has 1 saturated heterocycles. The minimum absolute atomic E-state index is 0.00166.